The van der Waals surface area contributed by atoms with E-state index in [9.17, 15) is 17.6 Å². The summed E-state index contributed by atoms with van der Waals surface area (Å²) < 4.78 is 48.9. The maximum atomic E-state index is 14.5. The molecule has 0 bridgehead atoms. The van der Waals surface area contributed by atoms with Gasteiger partial charge in [0.2, 0.25) is 10.0 Å². The number of sulfonamides is 1. The summed E-state index contributed by atoms with van der Waals surface area (Å²) >= 11 is 0. The third kappa shape index (κ3) is 4.42. The highest BCUT2D eigenvalue weighted by molar-refractivity contribution is 7.89. The first kappa shape index (κ1) is 20.1. The van der Waals surface area contributed by atoms with Crippen molar-refractivity contribution in [2.45, 2.75) is 36.7 Å². The van der Waals surface area contributed by atoms with E-state index in [1.807, 2.05) is 0 Å². The Hall–Kier alpha value is -2.65. The molecule has 2 aromatic rings. The van der Waals surface area contributed by atoms with Gasteiger partial charge in [0.1, 0.15) is 10.7 Å². The number of carbonyl (C=O) groups is 1. The molecule has 0 heterocycles. The third-order valence-electron chi connectivity index (χ3n) is 4.54. The molecule has 1 saturated carbocycles. The molecule has 0 saturated heterocycles. The summed E-state index contributed by atoms with van der Waals surface area (Å²) in [5.74, 6) is -1.19. The smallest absolute Gasteiger partial charge is 0.258 e. The Morgan fingerprint density at radius 2 is 1.86 bits per heavy atom. The van der Waals surface area contributed by atoms with Crippen LogP contribution in [0.2, 0.25) is 0 Å². The summed E-state index contributed by atoms with van der Waals surface area (Å²) in [7, 11) is -2.67. The van der Waals surface area contributed by atoms with Crippen LogP contribution in [0.1, 0.15) is 36.0 Å². The van der Waals surface area contributed by atoms with Gasteiger partial charge in [-0.05, 0) is 43.9 Å². The van der Waals surface area contributed by atoms with Crippen molar-refractivity contribution in [3.8, 4) is 11.5 Å². The summed E-state index contributed by atoms with van der Waals surface area (Å²) in [6.07, 6.45) is 3.84. The molecular weight excluding hydrogens is 387 g/mol. The van der Waals surface area contributed by atoms with Crippen LogP contribution < -0.4 is 19.9 Å². The first-order valence-electron chi connectivity index (χ1n) is 8.77. The van der Waals surface area contributed by atoms with E-state index >= 15 is 0 Å². The number of nitrogens with one attached hydrogen (secondary N) is 1. The van der Waals surface area contributed by atoms with Crippen molar-refractivity contribution in [2.75, 3.05) is 12.4 Å². The molecule has 1 aliphatic rings. The fourth-order valence-electron chi connectivity index (χ4n) is 3.15. The molecule has 1 amide bonds. The van der Waals surface area contributed by atoms with Gasteiger partial charge >= 0.3 is 0 Å². The van der Waals surface area contributed by atoms with E-state index in [-0.39, 0.29) is 33.7 Å². The number of nitrogens with two attached hydrogens (primary N) is 1. The largest absolute Gasteiger partial charge is 0.493 e. The van der Waals surface area contributed by atoms with E-state index in [2.05, 4.69) is 5.32 Å². The van der Waals surface area contributed by atoms with Crippen LogP contribution >= 0.6 is 0 Å². The number of halogens is 1. The standard InChI is InChI=1S/C19H21FN2O5S/c1-26-16-11-14(20)13(10-17(16)27-12-6-2-3-7-12)19(23)22-15-8-4-5-9-18(15)28(21,24)25/h4-5,8-12H,2-3,6-7H2,1H3,(H,22,23)(H2,21,24,25). The van der Waals surface area contributed by atoms with Gasteiger partial charge in [-0.2, -0.15) is 0 Å². The Bertz CT molecular complexity index is 988. The monoisotopic (exact) mass is 408 g/mol. The first-order valence-corrected chi connectivity index (χ1v) is 10.3. The minimum Gasteiger partial charge on any atom is -0.493 e. The molecule has 150 valence electrons. The van der Waals surface area contributed by atoms with Gasteiger partial charge in [-0.1, -0.05) is 12.1 Å². The van der Waals surface area contributed by atoms with Gasteiger partial charge < -0.3 is 14.8 Å². The normalized spacial score (nSPS) is 14.7. The highest BCUT2D eigenvalue weighted by Crippen LogP contribution is 2.34. The molecule has 7 nitrogen and oxygen atoms in total. The first-order chi connectivity index (χ1) is 13.3. The number of carbonyl (C=O) groups excluding carboxylic acids is 1. The molecular formula is C19H21FN2O5S. The van der Waals surface area contributed by atoms with Gasteiger partial charge in [-0.3, -0.25) is 4.79 Å². The van der Waals surface area contributed by atoms with Crippen molar-refractivity contribution >= 4 is 21.6 Å². The molecule has 3 N–H and O–H groups in total. The van der Waals surface area contributed by atoms with Gasteiger partial charge in [0.25, 0.3) is 5.91 Å². The number of ether oxygens (including phenoxy) is 2. The molecule has 0 radical (unpaired) electrons. The summed E-state index contributed by atoms with van der Waals surface area (Å²) in [6, 6.07) is 7.96. The quantitative estimate of drug-likeness (QED) is 0.764. The molecule has 0 spiro atoms. The van der Waals surface area contributed by atoms with E-state index in [1.165, 1.54) is 37.4 Å². The van der Waals surface area contributed by atoms with Gasteiger partial charge in [0.05, 0.1) is 24.5 Å². The second-order valence-electron chi connectivity index (χ2n) is 6.50. The molecule has 1 fully saturated rings. The Morgan fingerprint density at radius 3 is 2.50 bits per heavy atom. The van der Waals surface area contributed by atoms with E-state index in [0.29, 0.717) is 0 Å². The maximum absolute atomic E-state index is 14.5. The van der Waals surface area contributed by atoms with Crippen LogP contribution in [-0.4, -0.2) is 27.5 Å². The highest BCUT2D eigenvalue weighted by atomic mass is 32.2. The van der Waals surface area contributed by atoms with E-state index in [0.717, 1.165) is 31.7 Å². The summed E-state index contributed by atoms with van der Waals surface area (Å²) in [5, 5.41) is 7.56. The summed E-state index contributed by atoms with van der Waals surface area (Å²) in [6.45, 7) is 0. The lowest BCUT2D eigenvalue weighted by Gasteiger charge is -2.17. The number of benzene rings is 2. The lowest BCUT2D eigenvalue weighted by atomic mass is 10.1. The zero-order valence-electron chi connectivity index (χ0n) is 15.3. The number of hydrogen-bond donors (Lipinski definition) is 2. The number of primary sulfonamides is 1. The summed E-state index contributed by atoms with van der Waals surface area (Å²) in [4.78, 5) is 12.4. The van der Waals surface area contributed by atoms with Crippen LogP contribution in [0.25, 0.3) is 0 Å². The Morgan fingerprint density at radius 1 is 1.18 bits per heavy atom. The number of amides is 1. The molecule has 0 aliphatic heterocycles. The van der Waals surface area contributed by atoms with Gasteiger partial charge in [0, 0.05) is 6.07 Å². The van der Waals surface area contributed by atoms with Crippen molar-refractivity contribution in [1.29, 1.82) is 0 Å². The Labute approximate surface area is 162 Å². The molecule has 0 unspecified atom stereocenters. The molecule has 1 aliphatic carbocycles. The maximum Gasteiger partial charge on any atom is 0.258 e. The van der Waals surface area contributed by atoms with Gasteiger partial charge in [-0.15, -0.1) is 0 Å². The zero-order chi connectivity index (χ0) is 20.3. The minimum absolute atomic E-state index is 0.0154. The lowest BCUT2D eigenvalue weighted by molar-refractivity contribution is 0.102. The van der Waals surface area contributed by atoms with Crippen molar-refractivity contribution < 1.29 is 27.1 Å². The predicted octanol–water partition coefficient (Wildman–Crippen LogP) is 3.06. The second-order valence-corrected chi connectivity index (χ2v) is 8.03. The molecule has 3 rings (SSSR count). The SMILES string of the molecule is COc1cc(F)c(C(=O)Nc2ccccc2S(N)(=O)=O)cc1OC1CCCC1. The fourth-order valence-corrected chi connectivity index (χ4v) is 3.85. The lowest BCUT2D eigenvalue weighted by Crippen LogP contribution is -2.19. The van der Waals surface area contributed by atoms with Crippen LogP contribution in [-0.2, 0) is 10.0 Å². The van der Waals surface area contributed by atoms with Gasteiger partial charge in [-0.25, -0.2) is 17.9 Å². The van der Waals surface area contributed by atoms with Crippen molar-refractivity contribution in [3.63, 3.8) is 0 Å². The van der Waals surface area contributed by atoms with Crippen molar-refractivity contribution in [1.82, 2.24) is 0 Å². The number of anilines is 1. The van der Waals surface area contributed by atoms with Gasteiger partial charge in [0.15, 0.2) is 11.5 Å². The van der Waals surface area contributed by atoms with Crippen molar-refractivity contribution in [3.05, 3.63) is 47.8 Å². The van der Waals surface area contributed by atoms with Crippen LogP contribution in [0.15, 0.2) is 41.3 Å². The molecule has 28 heavy (non-hydrogen) atoms. The number of hydrogen-bond acceptors (Lipinski definition) is 5. The number of methoxy groups -OCH3 is 1. The third-order valence-corrected chi connectivity index (χ3v) is 5.50. The molecule has 0 atom stereocenters. The Balaban J connectivity index is 1.91. The highest BCUT2D eigenvalue weighted by Gasteiger charge is 2.23. The zero-order valence-corrected chi connectivity index (χ0v) is 16.1. The molecule has 2 aromatic carbocycles. The van der Waals surface area contributed by atoms with E-state index < -0.39 is 21.7 Å². The number of para-hydroxylation sites is 1. The minimum atomic E-state index is -4.06. The average Bonchev–Trinajstić information content (AvgIpc) is 3.15. The van der Waals surface area contributed by atoms with Crippen molar-refractivity contribution in [2.24, 2.45) is 5.14 Å². The van der Waals surface area contributed by atoms with E-state index in [1.54, 1.807) is 0 Å². The predicted molar refractivity (Wildman–Crippen MR) is 102 cm³/mol. The van der Waals surface area contributed by atoms with Crippen LogP contribution in [0, 0.1) is 5.82 Å². The Kier molecular flexibility index (Phi) is 5.85. The summed E-state index contributed by atoms with van der Waals surface area (Å²) in [5.41, 5.74) is -0.332. The van der Waals surface area contributed by atoms with Crippen LogP contribution in [0.4, 0.5) is 10.1 Å². The van der Waals surface area contributed by atoms with Crippen LogP contribution in [0.5, 0.6) is 11.5 Å². The topological polar surface area (TPSA) is 108 Å². The fraction of sp³-hybridized carbons (Fsp3) is 0.316. The second kappa shape index (κ2) is 8.15. The average molecular weight is 408 g/mol. The molecule has 0 aromatic heterocycles. The molecule has 9 heteroatoms. The number of rotatable bonds is 6. The van der Waals surface area contributed by atoms with Crippen LogP contribution in [0.3, 0.4) is 0 Å². The van der Waals surface area contributed by atoms with E-state index in [4.69, 9.17) is 14.6 Å².